The number of nitrogens with zero attached hydrogens (tertiary/aromatic N) is 1. The van der Waals surface area contributed by atoms with Gasteiger partial charge in [-0.15, -0.1) is 0 Å². The Kier molecular flexibility index (Phi) is 7.28. The normalized spacial score (nSPS) is 10.9. The van der Waals surface area contributed by atoms with Crippen LogP contribution in [0.25, 0.3) is 0 Å². The van der Waals surface area contributed by atoms with Gasteiger partial charge in [0, 0.05) is 10.6 Å². The predicted molar refractivity (Wildman–Crippen MR) is 90.1 cm³/mol. The molecule has 0 aliphatic heterocycles. The average molecular weight is 372 g/mol. The maximum Gasteiger partial charge on any atom is 0.387 e. The first-order valence-corrected chi connectivity index (χ1v) is 7.63. The van der Waals surface area contributed by atoms with Crippen LogP contribution < -0.4 is 14.2 Å². The fraction of sp³-hybridized carbons (Fsp3) is 0.235. The number of rotatable bonds is 9. The lowest BCUT2D eigenvalue weighted by Crippen LogP contribution is -2.04. The molecule has 0 saturated carbocycles. The topological polar surface area (TPSA) is 49.3 Å². The van der Waals surface area contributed by atoms with Crippen molar-refractivity contribution in [2.24, 2.45) is 5.16 Å². The highest BCUT2D eigenvalue weighted by Gasteiger charge is 2.10. The maximum absolute atomic E-state index is 12.3. The summed E-state index contributed by atoms with van der Waals surface area (Å²) >= 11 is 5.84. The van der Waals surface area contributed by atoms with Crippen LogP contribution in [0, 0.1) is 0 Å². The molecular weight excluding hydrogens is 356 g/mol. The van der Waals surface area contributed by atoms with Gasteiger partial charge in [-0.1, -0.05) is 22.8 Å². The molecule has 134 valence electrons. The summed E-state index contributed by atoms with van der Waals surface area (Å²) in [4.78, 5) is 5.08. The van der Waals surface area contributed by atoms with E-state index in [0.29, 0.717) is 22.9 Å². The van der Waals surface area contributed by atoms with Gasteiger partial charge in [-0.25, -0.2) is 0 Å². The first-order valence-electron chi connectivity index (χ1n) is 7.25. The van der Waals surface area contributed by atoms with Crippen LogP contribution in [-0.2, 0) is 4.84 Å². The van der Waals surface area contributed by atoms with Crippen molar-refractivity contribution in [3.8, 4) is 17.2 Å². The Morgan fingerprint density at radius 3 is 2.68 bits per heavy atom. The fourth-order valence-electron chi connectivity index (χ4n) is 1.86. The van der Waals surface area contributed by atoms with Crippen LogP contribution in [0.3, 0.4) is 0 Å². The molecule has 2 rings (SSSR count). The summed E-state index contributed by atoms with van der Waals surface area (Å²) in [6.07, 6.45) is 1.42. The predicted octanol–water partition coefficient (Wildman–Crippen LogP) is 4.38. The van der Waals surface area contributed by atoms with Gasteiger partial charge < -0.3 is 19.0 Å². The molecule has 8 heteroatoms. The van der Waals surface area contributed by atoms with Crippen LogP contribution in [0.5, 0.6) is 17.2 Å². The lowest BCUT2D eigenvalue weighted by atomic mass is 10.2. The third-order valence-corrected chi connectivity index (χ3v) is 3.15. The molecule has 0 N–H and O–H groups in total. The summed E-state index contributed by atoms with van der Waals surface area (Å²) in [5.74, 6) is 0.762. The van der Waals surface area contributed by atoms with Crippen molar-refractivity contribution in [3.05, 3.63) is 53.1 Å². The number of alkyl halides is 2. The third kappa shape index (κ3) is 6.46. The van der Waals surface area contributed by atoms with Gasteiger partial charge in [0.1, 0.15) is 12.4 Å². The van der Waals surface area contributed by atoms with Gasteiger partial charge in [0.2, 0.25) is 0 Å². The summed E-state index contributed by atoms with van der Waals surface area (Å²) in [7, 11) is 1.36. The number of hydrogen-bond acceptors (Lipinski definition) is 5. The van der Waals surface area contributed by atoms with Crippen molar-refractivity contribution in [1.29, 1.82) is 0 Å². The minimum Gasteiger partial charge on any atom is -0.493 e. The fourth-order valence-corrected chi connectivity index (χ4v) is 2.04. The second-order valence-electron chi connectivity index (χ2n) is 4.66. The summed E-state index contributed by atoms with van der Waals surface area (Å²) in [5.41, 5.74) is 0.606. The van der Waals surface area contributed by atoms with E-state index in [1.54, 1.807) is 30.3 Å². The Bertz CT molecular complexity index is 713. The Labute approximate surface area is 148 Å². The molecule has 25 heavy (non-hydrogen) atoms. The highest BCUT2D eigenvalue weighted by molar-refractivity contribution is 6.30. The summed E-state index contributed by atoms with van der Waals surface area (Å²) in [6, 6.07) is 11.4. The highest BCUT2D eigenvalue weighted by atomic mass is 35.5. The largest absolute Gasteiger partial charge is 0.493 e. The zero-order valence-electron chi connectivity index (χ0n) is 13.3. The summed E-state index contributed by atoms with van der Waals surface area (Å²) < 4.78 is 39.3. The average Bonchev–Trinajstić information content (AvgIpc) is 2.58. The Morgan fingerprint density at radius 1 is 1.12 bits per heavy atom. The van der Waals surface area contributed by atoms with E-state index in [-0.39, 0.29) is 18.1 Å². The van der Waals surface area contributed by atoms with Gasteiger partial charge in [-0.3, -0.25) is 0 Å². The molecule has 0 saturated heterocycles. The molecule has 0 radical (unpaired) electrons. The van der Waals surface area contributed by atoms with Crippen LogP contribution in [0.2, 0.25) is 5.02 Å². The van der Waals surface area contributed by atoms with Crippen molar-refractivity contribution in [1.82, 2.24) is 0 Å². The van der Waals surface area contributed by atoms with Crippen molar-refractivity contribution in [2.75, 3.05) is 20.3 Å². The van der Waals surface area contributed by atoms with Crippen molar-refractivity contribution >= 4 is 17.8 Å². The molecule has 0 aromatic heterocycles. The van der Waals surface area contributed by atoms with E-state index in [1.807, 2.05) is 0 Å². The second-order valence-corrected chi connectivity index (χ2v) is 5.10. The molecule has 0 unspecified atom stereocenters. The van der Waals surface area contributed by atoms with E-state index in [2.05, 4.69) is 9.89 Å². The molecule has 0 bridgehead atoms. The molecule has 0 fully saturated rings. The third-order valence-electron chi connectivity index (χ3n) is 2.92. The molecule has 2 aromatic carbocycles. The SMILES string of the molecule is COc1cc(/C=N/OCCOc2cccc(Cl)c2)ccc1OC(F)F. The Morgan fingerprint density at radius 2 is 1.96 bits per heavy atom. The molecule has 0 aliphatic carbocycles. The lowest BCUT2D eigenvalue weighted by Gasteiger charge is -2.09. The molecule has 0 atom stereocenters. The standard InChI is InChI=1S/C17H16ClF2NO4/c1-22-16-9-12(5-6-15(16)25-17(19)20)11-21-24-8-7-23-14-4-2-3-13(18)10-14/h2-6,9-11,17H,7-8H2,1H3/b21-11+. The Hall–Kier alpha value is -2.54. The second kappa shape index (κ2) is 9.68. The maximum atomic E-state index is 12.3. The van der Waals surface area contributed by atoms with Crippen LogP contribution in [0.15, 0.2) is 47.6 Å². The molecule has 2 aromatic rings. The number of ether oxygens (including phenoxy) is 3. The molecular formula is C17H16ClF2NO4. The molecule has 0 spiro atoms. The number of hydrogen-bond donors (Lipinski definition) is 0. The quantitative estimate of drug-likeness (QED) is 0.373. The van der Waals surface area contributed by atoms with Crippen LogP contribution >= 0.6 is 11.6 Å². The monoisotopic (exact) mass is 371 g/mol. The molecule has 0 heterocycles. The minimum absolute atomic E-state index is 0.0505. The summed E-state index contributed by atoms with van der Waals surface area (Å²) in [6.45, 7) is -2.40. The molecule has 5 nitrogen and oxygen atoms in total. The van der Waals surface area contributed by atoms with Crippen molar-refractivity contribution < 1.29 is 27.8 Å². The zero-order valence-corrected chi connectivity index (χ0v) is 14.1. The van der Waals surface area contributed by atoms with Gasteiger partial charge in [-0.05, 0) is 36.4 Å². The van der Waals surface area contributed by atoms with Crippen LogP contribution in [0.1, 0.15) is 5.56 Å². The van der Waals surface area contributed by atoms with Crippen molar-refractivity contribution in [2.45, 2.75) is 6.61 Å². The van der Waals surface area contributed by atoms with Gasteiger partial charge in [-0.2, -0.15) is 8.78 Å². The number of methoxy groups -OCH3 is 1. The van der Waals surface area contributed by atoms with Gasteiger partial charge in [0.15, 0.2) is 18.1 Å². The Balaban J connectivity index is 1.79. The van der Waals surface area contributed by atoms with Gasteiger partial charge in [0.25, 0.3) is 0 Å². The van der Waals surface area contributed by atoms with E-state index in [1.165, 1.54) is 25.5 Å². The van der Waals surface area contributed by atoms with E-state index < -0.39 is 6.61 Å². The van der Waals surface area contributed by atoms with Crippen LogP contribution in [-0.4, -0.2) is 33.1 Å². The molecule has 0 amide bonds. The first kappa shape index (κ1) is 18.8. The van der Waals surface area contributed by atoms with Gasteiger partial charge >= 0.3 is 6.61 Å². The van der Waals surface area contributed by atoms with E-state index in [0.717, 1.165) is 0 Å². The molecule has 0 aliphatic rings. The van der Waals surface area contributed by atoms with E-state index >= 15 is 0 Å². The number of halogens is 3. The van der Waals surface area contributed by atoms with Crippen molar-refractivity contribution in [3.63, 3.8) is 0 Å². The van der Waals surface area contributed by atoms with E-state index in [4.69, 9.17) is 25.9 Å². The highest BCUT2D eigenvalue weighted by Crippen LogP contribution is 2.28. The first-order chi connectivity index (χ1) is 12.1. The zero-order chi connectivity index (χ0) is 18.1. The lowest BCUT2D eigenvalue weighted by molar-refractivity contribution is -0.0512. The number of benzene rings is 2. The number of oxime groups is 1. The van der Waals surface area contributed by atoms with Crippen LogP contribution in [0.4, 0.5) is 8.78 Å². The van der Waals surface area contributed by atoms with E-state index in [9.17, 15) is 8.78 Å². The summed E-state index contributed by atoms with van der Waals surface area (Å²) in [5, 5.41) is 4.37. The van der Waals surface area contributed by atoms with Gasteiger partial charge in [0.05, 0.1) is 13.3 Å². The minimum atomic E-state index is -2.92. The smallest absolute Gasteiger partial charge is 0.387 e.